The zero-order valence-corrected chi connectivity index (χ0v) is 30.6. The van der Waals surface area contributed by atoms with Gasteiger partial charge in [0.05, 0.1) is 37.5 Å². The summed E-state index contributed by atoms with van der Waals surface area (Å²) in [5.41, 5.74) is 2.90. The molecule has 1 aliphatic heterocycles. The van der Waals surface area contributed by atoms with Gasteiger partial charge in [0, 0.05) is 38.2 Å². The Kier molecular flexibility index (Phi) is 13.4. The average Bonchev–Trinajstić information content (AvgIpc) is 3.15. The number of oxime groups is 1. The molecule has 0 saturated heterocycles. The Morgan fingerprint density at radius 3 is 2.48 bits per heavy atom. The van der Waals surface area contributed by atoms with Crippen molar-refractivity contribution in [1.29, 1.82) is 0 Å². The number of carbonyl (C=O) groups is 2. The maximum atomic E-state index is 13.4. The number of carbonyl (C=O) groups excluding carboxylic acids is 2. The maximum absolute atomic E-state index is 13.4. The molecule has 6 unspecified atom stereocenters. The zero-order valence-electron chi connectivity index (χ0n) is 30.6. The summed E-state index contributed by atoms with van der Waals surface area (Å²) in [7, 11) is 4.71. The van der Waals surface area contributed by atoms with Gasteiger partial charge >= 0.3 is 6.09 Å². The zero-order chi connectivity index (χ0) is 37.3. The highest BCUT2D eigenvalue weighted by atomic mass is 16.7. The minimum atomic E-state index is -1.37. The molecular formula is C40H52N2O10. The monoisotopic (exact) mass is 720 g/mol. The molecule has 0 radical (unpaired) electrons. The van der Waals surface area contributed by atoms with E-state index >= 15 is 0 Å². The maximum Gasteiger partial charge on any atom is 0.409 e. The van der Waals surface area contributed by atoms with Crippen molar-refractivity contribution in [3.63, 3.8) is 0 Å². The molecule has 5 rings (SSSR count). The van der Waals surface area contributed by atoms with E-state index in [4.69, 9.17) is 28.5 Å². The number of methoxy groups -OCH3 is 1. The minimum Gasteiger partial charge on any atom is -0.496 e. The lowest BCUT2D eigenvalue weighted by atomic mass is 9.55. The number of unbranched alkanes of at least 4 members (excludes halogenated alkanes) is 2. The Balaban J connectivity index is 1.73. The Bertz CT molecular complexity index is 1630. The van der Waals surface area contributed by atoms with E-state index in [0.717, 1.165) is 43.1 Å². The number of nitrogens with zero attached hydrogens (tertiary/aromatic N) is 2. The van der Waals surface area contributed by atoms with Crippen molar-refractivity contribution in [2.45, 2.75) is 69.6 Å². The van der Waals surface area contributed by atoms with Crippen LogP contribution in [0.25, 0.3) is 0 Å². The van der Waals surface area contributed by atoms with Crippen molar-refractivity contribution in [2.75, 3.05) is 47.7 Å². The molecule has 6 atom stereocenters. The molecule has 1 saturated carbocycles. The minimum absolute atomic E-state index is 0.0571. The van der Waals surface area contributed by atoms with E-state index in [1.165, 1.54) is 19.1 Å². The molecule has 1 amide bonds. The van der Waals surface area contributed by atoms with Crippen LogP contribution < -0.4 is 14.2 Å². The van der Waals surface area contributed by atoms with Gasteiger partial charge in [0.15, 0.2) is 6.29 Å². The van der Waals surface area contributed by atoms with Crippen LogP contribution in [0.1, 0.15) is 73.7 Å². The van der Waals surface area contributed by atoms with Gasteiger partial charge in [-0.1, -0.05) is 30.1 Å². The van der Waals surface area contributed by atoms with Gasteiger partial charge in [-0.3, -0.25) is 4.79 Å². The van der Waals surface area contributed by atoms with E-state index in [1.807, 2.05) is 18.2 Å². The Hall–Kier alpha value is -4.39. The third kappa shape index (κ3) is 7.84. The summed E-state index contributed by atoms with van der Waals surface area (Å²) >= 11 is 0. The number of likely N-dealkylation sites (N-methyl/N-ethyl adjacent to an activating group) is 1. The molecule has 0 aromatic heterocycles. The van der Waals surface area contributed by atoms with E-state index in [2.05, 4.69) is 17.8 Å². The molecule has 0 spiro atoms. The van der Waals surface area contributed by atoms with Gasteiger partial charge < -0.3 is 43.6 Å². The van der Waals surface area contributed by atoms with Crippen LogP contribution in [-0.4, -0.2) is 92.7 Å². The summed E-state index contributed by atoms with van der Waals surface area (Å²) in [5, 5.41) is 24.0. The smallest absolute Gasteiger partial charge is 0.409 e. The standard InChI is InChI=1S/C40H52N2O10/c1-6-20-50-40-36(42(3)39(46)49-7-2)24-33(41-48-5)31-22-26(12-8-10-18-43)30(13-9-11-19-44)37(38(31)40)32-23-29(15-17-35(32)52-40)51-28-14-16-34(47-4)27(21-28)25-45/h6,14-17,21-23,25-26,30,36-38,43-44H,1,7-13,18-20,24H2,2-5H3. The quantitative estimate of drug-likeness (QED) is 0.0743. The van der Waals surface area contributed by atoms with E-state index in [-0.39, 0.29) is 50.6 Å². The van der Waals surface area contributed by atoms with Crippen LogP contribution in [0.5, 0.6) is 23.0 Å². The van der Waals surface area contributed by atoms with Gasteiger partial charge in [-0.15, -0.1) is 6.58 Å². The van der Waals surface area contributed by atoms with Crippen molar-refractivity contribution < 1.29 is 48.3 Å². The number of aliphatic hydroxyl groups is 2. The lowest BCUT2D eigenvalue weighted by Gasteiger charge is -2.59. The highest BCUT2D eigenvalue weighted by Gasteiger charge is 2.65. The van der Waals surface area contributed by atoms with Crippen molar-refractivity contribution in [1.82, 2.24) is 4.90 Å². The third-order valence-electron chi connectivity index (χ3n) is 10.4. The molecule has 12 heteroatoms. The first-order valence-corrected chi connectivity index (χ1v) is 18.1. The number of hydrogen-bond donors (Lipinski definition) is 2. The SMILES string of the molecule is C=CCOC12Oc3ccc(Oc4ccc(OC)c(C=O)c4)cc3C3C(CCCCO)C(CCCCO)C=C(C(=NOC)CC1N(C)C(=O)OCC)C32. The first kappa shape index (κ1) is 38.8. The molecular weight excluding hydrogens is 668 g/mol. The number of benzene rings is 2. The van der Waals surface area contributed by atoms with E-state index < -0.39 is 23.8 Å². The van der Waals surface area contributed by atoms with Crippen molar-refractivity contribution in [2.24, 2.45) is 22.9 Å². The van der Waals surface area contributed by atoms with Crippen molar-refractivity contribution >= 4 is 18.1 Å². The number of ether oxygens (including phenoxy) is 5. The van der Waals surface area contributed by atoms with Crippen LogP contribution in [0.4, 0.5) is 4.79 Å². The fourth-order valence-electron chi connectivity index (χ4n) is 8.26. The molecule has 2 N–H and O–H groups in total. The predicted molar refractivity (Wildman–Crippen MR) is 195 cm³/mol. The number of rotatable bonds is 18. The topological polar surface area (TPSA) is 146 Å². The number of hydrogen-bond acceptors (Lipinski definition) is 11. The first-order chi connectivity index (χ1) is 25.3. The third-order valence-corrected chi connectivity index (χ3v) is 10.4. The number of fused-ring (bicyclic) bond motifs is 2. The second-order valence-electron chi connectivity index (χ2n) is 13.4. The average molecular weight is 721 g/mol. The Morgan fingerprint density at radius 1 is 1.08 bits per heavy atom. The summed E-state index contributed by atoms with van der Waals surface area (Å²) in [6, 6.07) is 10.1. The molecule has 0 bridgehead atoms. The van der Waals surface area contributed by atoms with Crippen LogP contribution in [0.2, 0.25) is 0 Å². The molecule has 52 heavy (non-hydrogen) atoms. The van der Waals surface area contributed by atoms with Gasteiger partial charge in [-0.05, 0) is 86.4 Å². The van der Waals surface area contributed by atoms with E-state index in [1.54, 1.807) is 38.2 Å². The van der Waals surface area contributed by atoms with Crippen molar-refractivity contribution in [3.8, 4) is 23.0 Å². The summed E-state index contributed by atoms with van der Waals surface area (Å²) in [6.07, 6.45) is 9.02. The molecule has 1 heterocycles. The molecule has 1 fully saturated rings. The highest BCUT2D eigenvalue weighted by molar-refractivity contribution is 6.02. The van der Waals surface area contributed by atoms with Gasteiger partial charge in [0.25, 0.3) is 0 Å². The van der Waals surface area contributed by atoms with Crippen LogP contribution in [0.15, 0.2) is 65.9 Å². The number of aldehydes is 1. The molecule has 2 aromatic carbocycles. The van der Waals surface area contributed by atoms with Crippen LogP contribution >= 0.6 is 0 Å². The molecule has 2 aromatic rings. The van der Waals surface area contributed by atoms with E-state index in [0.29, 0.717) is 47.1 Å². The summed E-state index contributed by atoms with van der Waals surface area (Å²) < 4.78 is 31.1. The second-order valence-corrected chi connectivity index (χ2v) is 13.4. The fraction of sp³-hybridized carbons (Fsp3) is 0.525. The molecule has 12 nitrogen and oxygen atoms in total. The highest BCUT2D eigenvalue weighted by Crippen LogP contribution is 2.62. The predicted octanol–water partition coefficient (Wildman–Crippen LogP) is 6.65. The number of aliphatic hydroxyl groups excluding tert-OH is 2. The van der Waals surface area contributed by atoms with Crippen molar-refractivity contribution in [3.05, 3.63) is 71.8 Å². The number of amides is 1. The summed E-state index contributed by atoms with van der Waals surface area (Å²) in [5.74, 6) is 0.183. The molecule has 282 valence electrons. The largest absolute Gasteiger partial charge is 0.496 e. The van der Waals surface area contributed by atoms with Gasteiger partial charge in [-0.2, -0.15) is 0 Å². The number of allylic oxidation sites excluding steroid dienone is 1. The van der Waals surface area contributed by atoms with Gasteiger partial charge in [-0.25, -0.2) is 4.79 Å². The Labute approximate surface area is 306 Å². The lowest BCUT2D eigenvalue weighted by Crippen LogP contribution is -2.69. The second kappa shape index (κ2) is 17.9. The van der Waals surface area contributed by atoms with Crippen LogP contribution in [0.3, 0.4) is 0 Å². The lowest BCUT2D eigenvalue weighted by molar-refractivity contribution is -0.253. The summed E-state index contributed by atoms with van der Waals surface area (Å²) in [6.45, 7) is 6.24. The Morgan fingerprint density at radius 2 is 1.81 bits per heavy atom. The first-order valence-electron chi connectivity index (χ1n) is 18.1. The molecule has 3 aliphatic rings. The summed E-state index contributed by atoms with van der Waals surface area (Å²) in [4.78, 5) is 32.2. The molecule has 2 aliphatic carbocycles. The van der Waals surface area contributed by atoms with Gasteiger partial charge in [0.1, 0.15) is 36.1 Å². The van der Waals surface area contributed by atoms with Crippen LogP contribution in [0, 0.1) is 17.8 Å². The fourth-order valence-corrected chi connectivity index (χ4v) is 8.26. The van der Waals surface area contributed by atoms with Crippen LogP contribution in [-0.2, 0) is 14.3 Å². The van der Waals surface area contributed by atoms with Gasteiger partial charge in [0.2, 0.25) is 5.79 Å². The normalized spacial score (nSPS) is 25.2. The van der Waals surface area contributed by atoms with E-state index in [9.17, 15) is 19.8 Å².